The summed E-state index contributed by atoms with van der Waals surface area (Å²) in [5.41, 5.74) is 5.93. The minimum absolute atomic E-state index is 0.162. The van der Waals surface area contributed by atoms with Gasteiger partial charge in [0.25, 0.3) is 5.69 Å². The van der Waals surface area contributed by atoms with Gasteiger partial charge in [-0.2, -0.15) is 0 Å². The Morgan fingerprint density at radius 3 is 2.16 bits per heavy atom. The fraction of sp³-hybridized carbons (Fsp3) is 0.368. The summed E-state index contributed by atoms with van der Waals surface area (Å²) >= 11 is 7.30. The molecule has 4 nitrogen and oxygen atoms in total. The van der Waals surface area contributed by atoms with Crippen molar-refractivity contribution in [2.45, 2.75) is 29.9 Å². The quantitative estimate of drug-likeness (QED) is 0.271. The molecule has 6 heteroatoms. The van der Waals surface area contributed by atoms with E-state index < -0.39 is 0 Å². The van der Waals surface area contributed by atoms with Crippen molar-refractivity contribution in [3.8, 4) is 11.1 Å². The number of nitro groups is 1. The number of rotatable bonds is 6. The van der Waals surface area contributed by atoms with Crippen LogP contribution in [-0.2, 0) is 6.42 Å². The number of anilines is 1. The van der Waals surface area contributed by atoms with Crippen molar-refractivity contribution in [1.82, 2.24) is 0 Å². The third-order valence-corrected chi connectivity index (χ3v) is 4.95. The predicted molar refractivity (Wildman–Crippen MR) is 110 cm³/mol. The Morgan fingerprint density at radius 1 is 1.04 bits per heavy atom. The third-order valence-electron chi connectivity index (χ3n) is 4.37. The highest BCUT2D eigenvalue weighted by Crippen LogP contribution is 2.40. The molecule has 0 saturated carbocycles. The van der Waals surface area contributed by atoms with Crippen LogP contribution in [0, 0.1) is 10.1 Å². The van der Waals surface area contributed by atoms with Gasteiger partial charge in [-0.25, -0.2) is 0 Å². The molecule has 3 rings (SSSR count). The molecule has 2 aromatic rings. The Hall–Kier alpha value is -1.40. The first kappa shape index (κ1) is 18.4. The van der Waals surface area contributed by atoms with E-state index in [-0.39, 0.29) is 10.6 Å². The summed E-state index contributed by atoms with van der Waals surface area (Å²) in [5, 5.41) is 11.0. The highest BCUT2D eigenvalue weighted by molar-refractivity contribution is 9.09. The lowest BCUT2D eigenvalue weighted by Gasteiger charge is -2.28. The Labute approximate surface area is 164 Å². The minimum atomic E-state index is -0.328. The van der Waals surface area contributed by atoms with Crippen molar-refractivity contribution >= 4 is 43.2 Å². The molecular formula is C19H20Br2N2O2. The van der Waals surface area contributed by atoms with Crippen LogP contribution in [0.15, 0.2) is 36.4 Å². The lowest BCUT2D eigenvalue weighted by molar-refractivity contribution is -0.384. The lowest BCUT2D eigenvalue weighted by atomic mass is 10.0. The van der Waals surface area contributed by atoms with Crippen molar-refractivity contribution in [3.05, 3.63) is 57.6 Å². The Morgan fingerprint density at radius 2 is 1.60 bits per heavy atom. The second kappa shape index (κ2) is 7.46. The van der Waals surface area contributed by atoms with Crippen LogP contribution in [-0.4, -0.2) is 27.7 Å². The summed E-state index contributed by atoms with van der Waals surface area (Å²) in [4.78, 5) is 13.8. The van der Waals surface area contributed by atoms with Gasteiger partial charge in [0, 0.05) is 40.6 Å². The number of halogens is 2. The summed E-state index contributed by atoms with van der Waals surface area (Å²) < 4.78 is 0. The normalized spacial score (nSPS) is 14.6. The summed E-state index contributed by atoms with van der Waals surface area (Å²) in [6, 6.07) is 11.7. The van der Waals surface area contributed by atoms with Crippen LogP contribution < -0.4 is 4.90 Å². The van der Waals surface area contributed by atoms with Crippen molar-refractivity contribution in [2.75, 3.05) is 18.0 Å². The maximum Gasteiger partial charge on any atom is 0.269 e. The zero-order valence-corrected chi connectivity index (χ0v) is 17.4. The smallest absolute Gasteiger partial charge is 0.269 e. The second-order valence-corrected chi connectivity index (χ2v) is 9.71. The molecule has 2 aromatic carbocycles. The molecule has 0 heterocycles. The number of non-ortho nitro benzene ring substituents is 1. The van der Waals surface area contributed by atoms with Crippen molar-refractivity contribution < 1.29 is 4.92 Å². The number of fused-ring (bicyclic) bond motifs is 3. The number of benzene rings is 2. The third kappa shape index (κ3) is 4.06. The topological polar surface area (TPSA) is 46.4 Å². The van der Waals surface area contributed by atoms with E-state index in [4.69, 9.17) is 0 Å². The fourth-order valence-corrected chi connectivity index (χ4v) is 4.09. The SMILES string of the molecule is CC(Br)CN(CC(C)Br)c1ccc2c(c1)Cc1cc([N+](=O)[O-])ccc1-2. The van der Waals surface area contributed by atoms with Gasteiger partial charge in [-0.15, -0.1) is 0 Å². The number of nitro benzene ring substituents is 1. The molecule has 0 fully saturated rings. The maximum absolute atomic E-state index is 11.0. The van der Waals surface area contributed by atoms with Gasteiger partial charge in [0.2, 0.25) is 0 Å². The molecule has 0 spiro atoms. The number of alkyl halides is 2. The van der Waals surface area contributed by atoms with Crippen molar-refractivity contribution in [1.29, 1.82) is 0 Å². The molecule has 0 N–H and O–H groups in total. The molecule has 0 saturated heterocycles. The molecule has 0 amide bonds. The van der Waals surface area contributed by atoms with Crippen LogP contribution in [0.4, 0.5) is 11.4 Å². The number of hydrogen-bond donors (Lipinski definition) is 0. The van der Waals surface area contributed by atoms with Gasteiger partial charge in [-0.3, -0.25) is 10.1 Å². The minimum Gasteiger partial charge on any atom is -0.369 e. The summed E-state index contributed by atoms with van der Waals surface area (Å²) in [6.45, 7) is 6.14. The molecule has 0 aliphatic heterocycles. The molecule has 2 atom stereocenters. The van der Waals surface area contributed by atoms with Gasteiger partial charge < -0.3 is 4.90 Å². The van der Waals surface area contributed by atoms with E-state index in [0.717, 1.165) is 30.6 Å². The van der Waals surface area contributed by atoms with Gasteiger partial charge in [0.05, 0.1) is 4.92 Å². The standard InChI is InChI=1S/C19H20Br2N2O2/c1-12(20)10-22(11-13(2)21)16-3-5-18-14(8-16)7-15-9-17(23(24)25)4-6-19(15)18/h3-6,8-9,12-13H,7,10-11H2,1-2H3. The van der Waals surface area contributed by atoms with Gasteiger partial charge in [-0.1, -0.05) is 51.8 Å². The largest absolute Gasteiger partial charge is 0.369 e. The van der Waals surface area contributed by atoms with E-state index in [0.29, 0.717) is 9.65 Å². The zero-order valence-electron chi connectivity index (χ0n) is 14.2. The molecule has 1 aliphatic carbocycles. The molecular weight excluding hydrogens is 448 g/mol. The number of nitrogens with zero attached hydrogens (tertiary/aromatic N) is 2. The van der Waals surface area contributed by atoms with Gasteiger partial charge in [0.1, 0.15) is 0 Å². The summed E-state index contributed by atoms with van der Waals surface area (Å²) in [7, 11) is 0. The van der Waals surface area contributed by atoms with E-state index in [1.807, 2.05) is 6.07 Å². The van der Waals surface area contributed by atoms with Crippen LogP contribution in [0.2, 0.25) is 0 Å². The molecule has 0 aromatic heterocycles. The molecule has 25 heavy (non-hydrogen) atoms. The van der Waals surface area contributed by atoms with Crippen molar-refractivity contribution in [2.24, 2.45) is 0 Å². The van der Waals surface area contributed by atoms with E-state index in [2.05, 4.69) is 68.8 Å². The average Bonchev–Trinajstić information content (AvgIpc) is 2.89. The van der Waals surface area contributed by atoms with E-state index in [1.54, 1.807) is 12.1 Å². The van der Waals surface area contributed by atoms with Gasteiger partial charge >= 0.3 is 0 Å². The average molecular weight is 468 g/mol. The van der Waals surface area contributed by atoms with E-state index in [9.17, 15) is 10.1 Å². The van der Waals surface area contributed by atoms with Crippen LogP contribution in [0.3, 0.4) is 0 Å². The van der Waals surface area contributed by atoms with Crippen LogP contribution in [0.1, 0.15) is 25.0 Å². The first-order valence-electron chi connectivity index (χ1n) is 8.29. The molecule has 0 bridgehead atoms. The lowest BCUT2D eigenvalue weighted by Crippen LogP contribution is -2.33. The second-order valence-electron chi connectivity index (χ2n) is 6.58. The fourth-order valence-electron chi connectivity index (χ4n) is 3.39. The Kier molecular flexibility index (Phi) is 5.49. The Bertz CT molecular complexity index is 796. The molecule has 0 radical (unpaired) electrons. The predicted octanol–water partition coefficient (Wildman–Crippen LogP) is 5.54. The van der Waals surface area contributed by atoms with Crippen LogP contribution >= 0.6 is 31.9 Å². The monoisotopic (exact) mass is 466 g/mol. The molecule has 2 unspecified atom stereocenters. The molecule has 132 valence electrons. The summed E-state index contributed by atoms with van der Waals surface area (Å²) in [6.07, 6.45) is 0.752. The first-order valence-corrected chi connectivity index (χ1v) is 10.1. The highest BCUT2D eigenvalue weighted by atomic mass is 79.9. The Balaban J connectivity index is 1.92. The van der Waals surface area contributed by atoms with Crippen molar-refractivity contribution in [3.63, 3.8) is 0 Å². The highest BCUT2D eigenvalue weighted by Gasteiger charge is 2.22. The van der Waals surface area contributed by atoms with E-state index >= 15 is 0 Å². The van der Waals surface area contributed by atoms with Gasteiger partial charge in [-0.05, 0) is 46.9 Å². The van der Waals surface area contributed by atoms with Gasteiger partial charge in [0.15, 0.2) is 0 Å². The summed E-state index contributed by atoms with van der Waals surface area (Å²) in [5.74, 6) is 0. The van der Waals surface area contributed by atoms with E-state index in [1.165, 1.54) is 16.8 Å². The van der Waals surface area contributed by atoms with Crippen LogP contribution in [0.5, 0.6) is 0 Å². The maximum atomic E-state index is 11.0. The molecule has 1 aliphatic rings. The first-order chi connectivity index (χ1) is 11.8. The zero-order chi connectivity index (χ0) is 18.1. The number of hydrogen-bond acceptors (Lipinski definition) is 3. The van der Waals surface area contributed by atoms with Crippen LogP contribution in [0.25, 0.3) is 11.1 Å².